The van der Waals surface area contributed by atoms with Gasteiger partial charge in [0.1, 0.15) is 11.5 Å². The van der Waals surface area contributed by atoms with Gasteiger partial charge in [0, 0.05) is 23.8 Å². The van der Waals surface area contributed by atoms with E-state index < -0.39 is 0 Å². The van der Waals surface area contributed by atoms with E-state index in [1.807, 2.05) is 24.3 Å². The lowest BCUT2D eigenvalue weighted by Gasteiger charge is -2.27. The standard InChI is InChI=1S/C17H16ClNO3/c18-13-4-1-3-10-14(6-8-22-16(10)13)19-17(20)12-9-11(12)15-5-2-7-21-15/h1-5,7,11-12,14H,6,8-9H2,(H,19,20)/t11-,12+,14-/m1/s1. The Morgan fingerprint density at radius 2 is 2.18 bits per heavy atom. The molecule has 22 heavy (non-hydrogen) atoms. The molecular formula is C17H16ClNO3. The van der Waals surface area contributed by atoms with Gasteiger partial charge in [-0.2, -0.15) is 0 Å². The topological polar surface area (TPSA) is 51.5 Å². The zero-order valence-corrected chi connectivity index (χ0v) is 12.7. The van der Waals surface area contributed by atoms with E-state index in [-0.39, 0.29) is 23.8 Å². The summed E-state index contributed by atoms with van der Waals surface area (Å²) in [6.07, 6.45) is 3.27. The van der Waals surface area contributed by atoms with Crippen molar-refractivity contribution in [3.05, 3.63) is 52.9 Å². The summed E-state index contributed by atoms with van der Waals surface area (Å²) in [5, 5.41) is 3.73. The number of carbonyl (C=O) groups is 1. The second kappa shape index (κ2) is 5.36. The average Bonchev–Trinajstić information content (AvgIpc) is 3.14. The van der Waals surface area contributed by atoms with Crippen molar-refractivity contribution >= 4 is 17.5 Å². The number of benzene rings is 1. The quantitative estimate of drug-likeness (QED) is 0.939. The Labute approximate surface area is 133 Å². The highest BCUT2D eigenvalue weighted by Crippen LogP contribution is 2.48. The van der Waals surface area contributed by atoms with Gasteiger partial charge in [-0.15, -0.1) is 0 Å². The lowest BCUT2D eigenvalue weighted by atomic mass is 10.00. The molecule has 5 heteroatoms. The number of halogens is 1. The Bertz CT molecular complexity index is 698. The van der Waals surface area contributed by atoms with E-state index in [1.165, 1.54) is 0 Å². The summed E-state index contributed by atoms with van der Waals surface area (Å²) >= 11 is 6.16. The number of nitrogens with one attached hydrogen (secondary N) is 1. The molecule has 4 rings (SSSR count). The molecule has 114 valence electrons. The number of hydrogen-bond acceptors (Lipinski definition) is 3. The normalized spacial score (nSPS) is 26.0. The molecule has 1 aromatic carbocycles. The molecule has 0 bridgehead atoms. The van der Waals surface area contributed by atoms with Gasteiger partial charge in [-0.25, -0.2) is 0 Å². The fourth-order valence-corrected chi connectivity index (χ4v) is 3.35. The Hall–Kier alpha value is -1.94. The van der Waals surface area contributed by atoms with Crippen molar-refractivity contribution in [1.82, 2.24) is 5.32 Å². The van der Waals surface area contributed by atoms with Crippen LogP contribution >= 0.6 is 11.6 Å². The first kappa shape index (κ1) is 13.7. The van der Waals surface area contributed by atoms with Gasteiger partial charge < -0.3 is 14.5 Å². The SMILES string of the molecule is O=C(N[C@@H]1CCOc2c(Cl)cccc21)[C@H]1C[C@H]1c1ccco1. The lowest BCUT2D eigenvalue weighted by Crippen LogP contribution is -2.33. The van der Waals surface area contributed by atoms with Gasteiger partial charge in [0.15, 0.2) is 0 Å². The summed E-state index contributed by atoms with van der Waals surface area (Å²) in [7, 11) is 0. The van der Waals surface area contributed by atoms with Crippen molar-refractivity contribution in [2.75, 3.05) is 6.61 Å². The lowest BCUT2D eigenvalue weighted by molar-refractivity contribution is -0.123. The number of rotatable bonds is 3. The third-order valence-electron chi connectivity index (χ3n) is 4.38. The summed E-state index contributed by atoms with van der Waals surface area (Å²) in [5.41, 5.74) is 0.960. The number of ether oxygens (including phenoxy) is 1. The number of carbonyl (C=O) groups excluding carboxylic acids is 1. The largest absolute Gasteiger partial charge is 0.492 e. The predicted octanol–water partition coefficient (Wildman–Crippen LogP) is 3.68. The van der Waals surface area contributed by atoms with Gasteiger partial charge in [0.25, 0.3) is 0 Å². The number of fused-ring (bicyclic) bond motifs is 1. The first-order chi connectivity index (χ1) is 10.7. The third-order valence-corrected chi connectivity index (χ3v) is 4.68. The van der Waals surface area contributed by atoms with Crippen molar-refractivity contribution in [1.29, 1.82) is 0 Å². The van der Waals surface area contributed by atoms with Crippen LogP contribution in [0.1, 0.15) is 36.1 Å². The van der Waals surface area contributed by atoms with Crippen LogP contribution in [0.4, 0.5) is 0 Å². The van der Waals surface area contributed by atoms with Crippen LogP contribution in [-0.4, -0.2) is 12.5 Å². The van der Waals surface area contributed by atoms with Crippen LogP contribution < -0.4 is 10.1 Å². The zero-order chi connectivity index (χ0) is 15.1. The molecule has 0 saturated heterocycles. The smallest absolute Gasteiger partial charge is 0.224 e. The second-order valence-electron chi connectivity index (χ2n) is 5.82. The van der Waals surface area contributed by atoms with Gasteiger partial charge in [0.2, 0.25) is 5.91 Å². The monoisotopic (exact) mass is 317 g/mol. The first-order valence-corrected chi connectivity index (χ1v) is 7.87. The maximum Gasteiger partial charge on any atom is 0.224 e. The van der Waals surface area contributed by atoms with E-state index >= 15 is 0 Å². The molecule has 1 saturated carbocycles. The molecule has 0 spiro atoms. The van der Waals surface area contributed by atoms with Gasteiger partial charge >= 0.3 is 0 Å². The van der Waals surface area contributed by atoms with Crippen molar-refractivity contribution in [2.24, 2.45) is 5.92 Å². The van der Waals surface area contributed by atoms with Gasteiger partial charge in [-0.3, -0.25) is 4.79 Å². The minimum atomic E-state index is -0.0344. The zero-order valence-electron chi connectivity index (χ0n) is 11.9. The molecule has 2 aromatic rings. The molecule has 0 radical (unpaired) electrons. The van der Waals surface area contributed by atoms with Crippen molar-refractivity contribution < 1.29 is 13.9 Å². The first-order valence-electron chi connectivity index (χ1n) is 7.49. The molecule has 1 N–H and O–H groups in total. The van der Waals surface area contributed by atoms with Crippen LogP contribution in [0.15, 0.2) is 41.0 Å². The molecule has 3 atom stereocenters. The third kappa shape index (κ3) is 2.37. The van der Waals surface area contributed by atoms with Crippen molar-refractivity contribution in [2.45, 2.75) is 24.8 Å². The molecule has 1 fully saturated rings. The van der Waals surface area contributed by atoms with E-state index in [0.29, 0.717) is 17.4 Å². The fraction of sp³-hybridized carbons (Fsp3) is 0.353. The fourth-order valence-electron chi connectivity index (χ4n) is 3.12. The van der Waals surface area contributed by atoms with E-state index in [4.69, 9.17) is 20.8 Å². The maximum atomic E-state index is 12.4. The Balaban J connectivity index is 1.47. The summed E-state index contributed by atoms with van der Waals surface area (Å²) in [6.45, 7) is 0.563. The van der Waals surface area contributed by atoms with E-state index in [0.717, 1.165) is 24.2 Å². The van der Waals surface area contributed by atoms with Gasteiger partial charge in [0.05, 0.1) is 23.9 Å². The number of amides is 1. The number of furan rings is 1. The molecule has 2 aliphatic rings. The number of para-hydroxylation sites is 1. The summed E-state index contributed by atoms with van der Waals surface area (Å²) in [4.78, 5) is 12.4. The molecule has 2 heterocycles. The van der Waals surface area contributed by atoms with E-state index in [9.17, 15) is 4.79 Å². The Morgan fingerprint density at radius 3 is 3.00 bits per heavy atom. The van der Waals surface area contributed by atoms with E-state index in [2.05, 4.69) is 5.32 Å². The minimum Gasteiger partial charge on any atom is -0.492 e. The van der Waals surface area contributed by atoms with Crippen molar-refractivity contribution in [3.8, 4) is 5.75 Å². The molecule has 4 nitrogen and oxygen atoms in total. The van der Waals surface area contributed by atoms with Crippen LogP contribution in [-0.2, 0) is 4.79 Å². The summed E-state index contributed by atoms with van der Waals surface area (Å²) in [5.74, 6) is 1.90. The average molecular weight is 318 g/mol. The van der Waals surface area contributed by atoms with Crippen LogP contribution in [0.25, 0.3) is 0 Å². The highest BCUT2D eigenvalue weighted by Gasteiger charge is 2.46. The van der Waals surface area contributed by atoms with E-state index in [1.54, 1.807) is 12.3 Å². The molecule has 1 aliphatic carbocycles. The maximum absolute atomic E-state index is 12.4. The molecule has 0 unspecified atom stereocenters. The molecule has 1 aliphatic heterocycles. The minimum absolute atomic E-state index is 0.0108. The van der Waals surface area contributed by atoms with Crippen LogP contribution in [0.3, 0.4) is 0 Å². The molecule has 1 amide bonds. The predicted molar refractivity (Wildman–Crippen MR) is 82.0 cm³/mol. The number of hydrogen-bond donors (Lipinski definition) is 1. The highest BCUT2D eigenvalue weighted by atomic mass is 35.5. The van der Waals surface area contributed by atoms with Crippen LogP contribution in [0, 0.1) is 5.92 Å². The second-order valence-corrected chi connectivity index (χ2v) is 6.23. The van der Waals surface area contributed by atoms with Gasteiger partial charge in [-0.05, 0) is 24.6 Å². The Morgan fingerprint density at radius 1 is 1.27 bits per heavy atom. The van der Waals surface area contributed by atoms with Crippen molar-refractivity contribution in [3.63, 3.8) is 0 Å². The van der Waals surface area contributed by atoms with Crippen LogP contribution in [0.5, 0.6) is 5.75 Å². The van der Waals surface area contributed by atoms with Crippen LogP contribution in [0.2, 0.25) is 5.02 Å². The Kier molecular flexibility index (Phi) is 3.34. The highest BCUT2D eigenvalue weighted by molar-refractivity contribution is 6.32. The molecular weight excluding hydrogens is 302 g/mol. The van der Waals surface area contributed by atoms with Gasteiger partial charge in [-0.1, -0.05) is 23.7 Å². The summed E-state index contributed by atoms with van der Waals surface area (Å²) < 4.78 is 11.0. The molecule has 1 aromatic heterocycles. The summed E-state index contributed by atoms with van der Waals surface area (Å²) in [6, 6.07) is 9.41.